The lowest BCUT2D eigenvalue weighted by Crippen LogP contribution is -2.55. The maximum absolute atomic E-state index is 12.5. The lowest BCUT2D eigenvalue weighted by atomic mass is 9.82. The molecule has 2 aliphatic heterocycles. The Bertz CT molecular complexity index is 514. The van der Waals surface area contributed by atoms with Gasteiger partial charge in [-0.2, -0.15) is 0 Å². The van der Waals surface area contributed by atoms with Crippen molar-refractivity contribution < 1.29 is 4.79 Å². The third-order valence-corrected chi connectivity index (χ3v) is 5.26. The quantitative estimate of drug-likeness (QED) is 0.826. The largest absolute Gasteiger partial charge is 0.398 e. The topological polar surface area (TPSA) is 58.4 Å². The Morgan fingerprint density at radius 3 is 2.62 bits per heavy atom. The fraction of sp³-hybridized carbons (Fsp3) is 0.562. The van der Waals surface area contributed by atoms with Crippen LogP contribution in [0.25, 0.3) is 0 Å². The van der Waals surface area contributed by atoms with E-state index < -0.39 is 0 Å². The molecule has 3 rings (SSSR count). The number of nitrogens with two attached hydrogens (primary N) is 1. The molecule has 2 aliphatic rings. The monoisotopic (exact) mass is 307 g/mol. The number of nitrogens with zero attached hydrogens (tertiary/aromatic N) is 1. The van der Waals surface area contributed by atoms with Gasteiger partial charge >= 0.3 is 0 Å². The Labute approximate surface area is 130 Å². The standard InChI is InChI=1S/C16H22ClN3O/c1-20-11-4-2-5-12(20)9-10(8-11)19-16(21)15-13(17)6-3-7-14(15)18/h3,6-7,10-12H,2,4-5,8-9,18H2,1H3,(H,19,21). The summed E-state index contributed by atoms with van der Waals surface area (Å²) in [4.78, 5) is 14.9. The second-order valence-electron chi connectivity index (χ2n) is 6.25. The van der Waals surface area contributed by atoms with E-state index in [-0.39, 0.29) is 11.9 Å². The molecule has 5 heteroatoms. The zero-order valence-corrected chi connectivity index (χ0v) is 13.1. The number of rotatable bonds is 2. The molecule has 2 saturated heterocycles. The highest BCUT2D eigenvalue weighted by Crippen LogP contribution is 2.33. The number of hydrogen-bond acceptors (Lipinski definition) is 3. The van der Waals surface area contributed by atoms with E-state index in [1.807, 2.05) is 0 Å². The minimum Gasteiger partial charge on any atom is -0.398 e. The summed E-state index contributed by atoms with van der Waals surface area (Å²) in [6, 6.07) is 6.58. The number of fused-ring (bicyclic) bond motifs is 2. The molecule has 114 valence electrons. The van der Waals surface area contributed by atoms with E-state index in [4.69, 9.17) is 17.3 Å². The van der Waals surface area contributed by atoms with Gasteiger partial charge in [-0.3, -0.25) is 4.79 Å². The van der Waals surface area contributed by atoms with Crippen molar-refractivity contribution in [3.63, 3.8) is 0 Å². The number of piperidine rings is 2. The lowest BCUT2D eigenvalue weighted by Gasteiger charge is -2.47. The molecule has 21 heavy (non-hydrogen) atoms. The van der Waals surface area contributed by atoms with Gasteiger partial charge in [0.15, 0.2) is 0 Å². The van der Waals surface area contributed by atoms with Crippen LogP contribution in [0.4, 0.5) is 5.69 Å². The fourth-order valence-corrected chi connectivity index (χ4v) is 4.04. The van der Waals surface area contributed by atoms with Crippen molar-refractivity contribution in [3.8, 4) is 0 Å². The van der Waals surface area contributed by atoms with E-state index in [9.17, 15) is 4.79 Å². The Hall–Kier alpha value is -1.26. The minimum absolute atomic E-state index is 0.147. The van der Waals surface area contributed by atoms with Crippen molar-refractivity contribution >= 4 is 23.2 Å². The fourth-order valence-electron chi connectivity index (χ4n) is 3.77. The average Bonchev–Trinajstić information content (AvgIpc) is 2.39. The highest BCUT2D eigenvalue weighted by molar-refractivity contribution is 6.34. The van der Waals surface area contributed by atoms with E-state index in [0.717, 1.165) is 12.8 Å². The molecule has 2 unspecified atom stereocenters. The number of hydrogen-bond donors (Lipinski definition) is 2. The Morgan fingerprint density at radius 1 is 1.33 bits per heavy atom. The van der Waals surface area contributed by atoms with Gasteiger partial charge in [-0.1, -0.05) is 24.1 Å². The highest BCUT2D eigenvalue weighted by Gasteiger charge is 2.36. The third kappa shape index (κ3) is 2.87. The summed E-state index contributed by atoms with van der Waals surface area (Å²) >= 11 is 6.11. The molecule has 4 nitrogen and oxygen atoms in total. The number of benzene rings is 1. The molecule has 1 amide bonds. The maximum Gasteiger partial charge on any atom is 0.255 e. The van der Waals surface area contributed by atoms with Crippen LogP contribution in [0, 0.1) is 0 Å². The van der Waals surface area contributed by atoms with Gasteiger partial charge in [0.2, 0.25) is 0 Å². The molecule has 1 aromatic carbocycles. The van der Waals surface area contributed by atoms with Crippen LogP contribution in [0.3, 0.4) is 0 Å². The molecule has 0 spiro atoms. The summed E-state index contributed by atoms with van der Waals surface area (Å²) in [5.41, 5.74) is 6.73. The molecule has 2 fully saturated rings. The van der Waals surface area contributed by atoms with E-state index in [2.05, 4.69) is 17.3 Å². The predicted molar refractivity (Wildman–Crippen MR) is 85.5 cm³/mol. The van der Waals surface area contributed by atoms with E-state index >= 15 is 0 Å². The van der Waals surface area contributed by atoms with Crippen LogP contribution in [0.15, 0.2) is 18.2 Å². The molecule has 3 N–H and O–H groups in total. The zero-order valence-electron chi connectivity index (χ0n) is 12.3. The number of amides is 1. The Kier molecular flexibility index (Phi) is 4.09. The number of anilines is 1. The predicted octanol–water partition coefficient (Wildman–Crippen LogP) is 2.67. The van der Waals surface area contributed by atoms with Crippen molar-refractivity contribution in [1.82, 2.24) is 10.2 Å². The van der Waals surface area contributed by atoms with Gasteiger partial charge in [0, 0.05) is 23.8 Å². The van der Waals surface area contributed by atoms with Crippen LogP contribution in [0.5, 0.6) is 0 Å². The summed E-state index contributed by atoms with van der Waals surface area (Å²) in [7, 11) is 2.21. The SMILES string of the molecule is CN1C2CCCC1CC(NC(=O)c1c(N)cccc1Cl)C2. The third-order valence-electron chi connectivity index (χ3n) is 4.95. The second-order valence-corrected chi connectivity index (χ2v) is 6.66. The first kappa shape index (κ1) is 14.7. The number of nitrogens with one attached hydrogen (secondary N) is 1. The summed E-state index contributed by atoms with van der Waals surface area (Å²) in [6.07, 6.45) is 5.80. The Balaban J connectivity index is 1.71. The van der Waals surface area contributed by atoms with Crippen molar-refractivity contribution in [1.29, 1.82) is 0 Å². The molecule has 0 radical (unpaired) electrons. The van der Waals surface area contributed by atoms with E-state index in [1.165, 1.54) is 19.3 Å². The molecule has 0 aliphatic carbocycles. The summed E-state index contributed by atoms with van der Waals surface area (Å²) in [6.45, 7) is 0. The highest BCUT2D eigenvalue weighted by atomic mass is 35.5. The first-order valence-electron chi connectivity index (χ1n) is 7.63. The molecular formula is C16H22ClN3O. The van der Waals surface area contributed by atoms with Crippen LogP contribution in [-0.2, 0) is 0 Å². The summed E-state index contributed by atoms with van der Waals surface area (Å²) in [5.74, 6) is -0.147. The van der Waals surface area contributed by atoms with E-state index in [1.54, 1.807) is 18.2 Å². The van der Waals surface area contributed by atoms with Crippen molar-refractivity contribution in [2.75, 3.05) is 12.8 Å². The van der Waals surface area contributed by atoms with Gasteiger partial charge in [0.1, 0.15) is 0 Å². The molecule has 2 atom stereocenters. The van der Waals surface area contributed by atoms with Crippen LogP contribution >= 0.6 is 11.6 Å². The maximum atomic E-state index is 12.5. The van der Waals surface area contributed by atoms with Crippen LogP contribution in [-0.4, -0.2) is 36.0 Å². The van der Waals surface area contributed by atoms with Gasteiger partial charge in [-0.15, -0.1) is 0 Å². The first-order chi connectivity index (χ1) is 10.1. The van der Waals surface area contributed by atoms with Gasteiger partial charge < -0.3 is 16.0 Å². The van der Waals surface area contributed by atoms with E-state index in [0.29, 0.717) is 28.4 Å². The van der Waals surface area contributed by atoms with Crippen LogP contribution in [0.2, 0.25) is 5.02 Å². The molecule has 0 aromatic heterocycles. The zero-order chi connectivity index (χ0) is 15.0. The molecule has 2 bridgehead atoms. The normalized spacial score (nSPS) is 29.1. The molecule has 2 heterocycles. The Morgan fingerprint density at radius 2 is 2.00 bits per heavy atom. The number of carbonyl (C=O) groups is 1. The van der Waals surface area contributed by atoms with Crippen LogP contribution < -0.4 is 11.1 Å². The molecule has 1 aromatic rings. The van der Waals surface area contributed by atoms with Crippen LogP contribution in [0.1, 0.15) is 42.5 Å². The van der Waals surface area contributed by atoms with Crippen molar-refractivity contribution in [2.24, 2.45) is 0 Å². The summed E-state index contributed by atoms with van der Waals surface area (Å²) in [5, 5.41) is 3.55. The number of halogens is 1. The number of nitrogen functional groups attached to an aromatic ring is 1. The molecule has 0 saturated carbocycles. The number of carbonyl (C=O) groups excluding carboxylic acids is 1. The lowest BCUT2D eigenvalue weighted by molar-refractivity contribution is 0.0463. The molecular weight excluding hydrogens is 286 g/mol. The van der Waals surface area contributed by atoms with Gasteiger partial charge in [-0.05, 0) is 44.9 Å². The average molecular weight is 308 g/mol. The van der Waals surface area contributed by atoms with Gasteiger partial charge in [-0.25, -0.2) is 0 Å². The second kappa shape index (κ2) is 5.85. The van der Waals surface area contributed by atoms with Gasteiger partial charge in [0.05, 0.1) is 10.6 Å². The smallest absolute Gasteiger partial charge is 0.255 e. The summed E-state index contributed by atoms with van der Waals surface area (Å²) < 4.78 is 0. The van der Waals surface area contributed by atoms with Gasteiger partial charge in [0.25, 0.3) is 5.91 Å². The minimum atomic E-state index is -0.147. The first-order valence-corrected chi connectivity index (χ1v) is 8.01. The van der Waals surface area contributed by atoms with Crippen molar-refractivity contribution in [3.05, 3.63) is 28.8 Å². The van der Waals surface area contributed by atoms with Crippen molar-refractivity contribution in [2.45, 2.75) is 50.2 Å².